The van der Waals surface area contributed by atoms with Gasteiger partial charge in [-0.2, -0.15) is 0 Å². The molecule has 96 valence electrons. The van der Waals surface area contributed by atoms with Crippen molar-refractivity contribution in [3.63, 3.8) is 0 Å². The van der Waals surface area contributed by atoms with Crippen molar-refractivity contribution >= 4 is 0 Å². The molecule has 1 aliphatic heterocycles. The van der Waals surface area contributed by atoms with Crippen LogP contribution in [0.4, 0.5) is 0 Å². The lowest BCUT2D eigenvalue weighted by Gasteiger charge is -2.39. The highest BCUT2D eigenvalue weighted by Gasteiger charge is 2.44. The average molecular weight is 245 g/mol. The van der Waals surface area contributed by atoms with Gasteiger partial charge in [0.15, 0.2) is 5.88 Å². The van der Waals surface area contributed by atoms with E-state index in [4.69, 9.17) is 14.6 Å². The van der Waals surface area contributed by atoms with Gasteiger partial charge >= 0.3 is 0 Å². The zero-order chi connectivity index (χ0) is 12.4. The van der Waals surface area contributed by atoms with Crippen molar-refractivity contribution < 1.29 is 29.9 Å². The molecule has 1 aromatic rings. The molecule has 2 rings (SSSR count). The number of rotatable bonds is 3. The first kappa shape index (κ1) is 12.3. The lowest BCUT2D eigenvalue weighted by atomic mass is 9.99. The van der Waals surface area contributed by atoms with Gasteiger partial charge in [-0.25, -0.2) is 0 Å². The number of aromatic nitrogens is 1. The molecule has 17 heavy (non-hydrogen) atoms. The molecule has 0 radical (unpaired) electrons. The molecule has 1 aliphatic rings. The van der Waals surface area contributed by atoms with E-state index in [1.807, 2.05) is 0 Å². The van der Waals surface area contributed by atoms with E-state index in [2.05, 4.69) is 4.98 Å². The third kappa shape index (κ3) is 2.43. The molecular weight excluding hydrogens is 230 g/mol. The van der Waals surface area contributed by atoms with Crippen LogP contribution in [0.3, 0.4) is 0 Å². The highest BCUT2D eigenvalue weighted by Crippen LogP contribution is 2.23. The summed E-state index contributed by atoms with van der Waals surface area (Å²) in [6, 6.07) is 3.31. The monoisotopic (exact) mass is 245 g/mol. The van der Waals surface area contributed by atoms with Gasteiger partial charge < -0.3 is 34.9 Å². The van der Waals surface area contributed by atoms with E-state index >= 15 is 0 Å². The van der Waals surface area contributed by atoms with Crippen molar-refractivity contribution in [3.05, 3.63) is 18.3 Å². The Morgan fingerprint density at radius 2 is 2.00 bits per heavy atom. The van der Waals surface area contributed by atoms with Crippen LogP contribution in [-0.4, -0.2) is 62.7 Å². The van der Waals surface area contributed by atoms with Crippen LogP contribution in [0.2, 0.25) is 0 Å². The Balaban J connectivity index is 2.06. The van der Waals surface area contributed by atoms with E-state index in [9.17, 15) is 15.3 Å². The number of aromatic amines is 1. The molecule has 0 aliphatic carbocycles. The molecule has 7 nitrogen and oxygen atoms in total. The minimum atomic E-state index is -1.43. The first-order valence-electron chi connectivity index (χ1n) is 5.24. The number of ether oxygens (including phenoxy) is 2. The molecule has 5 atom stereocenters. The summed E-state index contributed by atoms with van der Waals surface area (Å²) in [4.78, 5) is 2.74. The van der Waals surface area contributed by atoms with Crippen LogP contribution in [0.5, 0.6) is 5.88 Å². The van der Waals surface area contributed by atoms with E-state index in [1.165, 1.54) is 0 Å². The Bertz CT molecular complexity index is 341. The number of hydrogen-bond donors (Lipinski definition) is 5. The molecule has 1 fully saturated rings. The highest BCUT2D eigenvalue weighted by molar-refractivity contribution is 5.10. The Morgan fingerprint density at radius 1 is 1.24 bits per heavy atom. The Hall–Kier alpha value is -1.12. The van der Waals surface area contributed by atoms with Gasteiger partial charge in [0.05, 0.1) is 6.61 Å². The summed E-state index contributed by atoms with van der Waals surface area (Å²) in [5.41, 5.74) is 0. The zero-order valence-electron chi connectivity index (χ0n) is 8.93. The SMILES string of the molecule is OC[C@H]1O[C@H](Oc2ccc[nH]2)[C@H](O)[C@@H](O)[C@@H]1O. The summed E-state index contributed by atoms with van der Waals surface area (Å²) in [7, 11) is 0. The molecule has 1 saturated heterocycles. The topological polar surface area (TPSA) is 115 Å². The van der Waals surface area contributed by atoms with Crippen LogP contribution in [0.1, 0.15) is 0 Å². The second-order valence-corrected chi connectivity index (χ2v) is 3.85. The Kier molecular flexibility index (Phi) is 3.65. The van der Waals surface area contributed by atoms with Crippen LogP contribution in [0, 0.1) is 0 Å². The summed E-state index contributed by atoms with van der Waals surface area (Å²) >= 11 is 0. The normalized spacial score (nSPS) is 38.0. The molecule has 0 unspecified atom stereocenters. The predicted octanol–water partition coefficient (Wildman–Crippen LogP) is -1.81. The lowest BCUT2D eigenvalue weighted by Crippen LogP contribution is -2.60. The van der Waals surface area contributed by atoms with Crippen LogP contribution >= 0.6 is 0 Å². The first-order chi connectivity index (χ1) is 8.13. The first-order valence-corrected chi connectivity index (χ1v) is 5.24. The maximum Gasteiger partial charge on any atom is 0.230 e. The van der Waals surface area contributed by atoms with E-state index in [1.54, 1.807) is 18.3 Å². The lowest BCUT2D eigenvalue weighted by molar-refractivity contribution is -0.278. The van der Waals surface area contributed by atoms with Crippen molar-refractivity contribution in [2.24, 2.45) is 0 Å². The maximum atomic E-state index is 9.66. The Morgan fingerprint density at radius 3 is 2.59 bits per heavy atom. The quantitative estimate of drug-likeness (QED) is 0.429. The van der Waals surface area contributed by atoms with Crippen LogP contribution < -0.4 is 4.74 Å². The summed E-state index contributed by atoms with van der Waals surface area (Å²) in [6.45, 7) is -0.477. The van der Waals surface area contributed by atoms with Gasteiger partial charge in [-0.3, -0.25) is 0 Å². The highest BCUT2D eigenvalue weighted by atomic mass is 16.7. The second-order valence-electron chi connectivity index (χ2n) is 3.85. The fraction of sp³-hybridized carbons (Fsp3) is 0.600. The largest absolute Gasteiger partial charge is 0.447 e. The van der Waals surface area contributed by atoms with Crippen molar-refractivity contribution in [2.75, 3.05) is 6.61 Å². The summed E-state index contributed by atoms with van der Waals surface area (Å²) in [5, 5.41) is 37.7. The fourth-order valence-electron chi connectivity index (χ4n) is 1.68. The minimum absolute atomic E-state index is 0.356. The number of H-pyrrole nitrogens is 1. The van der Waals surface area contributed by atoms with E-state index < -0.39 is 37.3 Å². The van der Waals surface area contributed by atoms with Crippen LogP contribution in [0.25, 0.3) is 0 Å². The van der Waals surface area contributed by atoms with Crippen molar-refractivity contribution in [1.29, 1.82) is 0 Å². The molecule has 2 heterocycles. The molecule has 1 aromatic heterocycles. The number of aliphatic hydroxyl groups excluding tert-OH is 4. The molecule has 0 bridgehead atoms. The summed E-state index contributed by atoms with van der Waals surface area (Å²) in [6.07, 6.45) is -4.69. The average Bonchev–Trinajstić information content (AvgIpc) is 2.83. The predicted molar refractivity (Wildman–Crippen MR) is 55.2 cm³/mol. The second kappa shape index (κ2) is 5.03. The summed E-state index contributed by atoms with van der Waals surface area (Å²) < 4.78 is 10.4. The molecule has 5 N–H and O–H groups in total. The van der Waals surface area contributed by atoms with E-state index in [0.717, 1.165) is 0 Å². The van der Waals surface area contributed by atoms with Gasteiger partial charge in [-0.05, 0) is 12.1 Å². The van der Waals surface area contributed by atoms with Crippen LogP contribution in [0.15, 0.2) is 18.3 Å². The van der Waals surface area contributed by atoms with Crippen molar-refractivity contribution in [3.8, 4) is 5.88 Å². The van der Waals surface area contributed by atoms with Gasteiger partial charge in [-0.15, -0.1) is 0 Å². The molecule has 0 aromatic carbocycles. The van der Waals surface area contributed by atoms with Gasteiger partial charge in [-0.1, -0.05) is 0 Å². The third-order valence-electron chi connectivity index (χ3n) is 2.66. The fourth-order valence-corrected chi connectivity index (χ4v) is 1.68. The number of nitrogens with one attached hydrogen (secondary N) is 1. The van der Waals surface area contributed by atoms with Crippen molar-refractivity contribution in [1.82, 2.24) is 4.98 Å². The Labute approximate surface area is 97.2 Å². The van der Waals surface area contributed by atoms with Crippen molar-refractivity contribution in [2.45, 2.75) is 30.7 Å². The van der Waals surface area contributed by atoms with Crippen LogP contribution in [-0.2, 0) is 4.74 Å². The van der Waals surface area contributed by atoms with E-state index in [-0.39, 0.29) is 0 Å². The van der Waals surface area contributed by atoms with E-state index in [0.29, 0.717) is 5.88 Å². The van der Waals surface area contributed by atoms with Gasteiger partial charge in [0.25, 0.3) is 0 Å². The summed E-state index contributed by atoms with van der Waals surface area (Å²) in [5.74, 6) is 0.356. The maximum absolute atomic E-state index is 9.66. The zero-order valence-corrected chi connectivity index (χ0v) is 8.93. The standard InChI is InChI=1S/C10H15NO6/c12-4-5-7(13)8(14)9(15)10(16-5)17-6-2-1-3-11-6/h1-3,5,7-15H,4H2/t5-,7-,8+,9-,10-/m1/s1. The molecule has 0 spiro atoms. The number of hydrogen-bond acceptors (Lipinski definition) is 6. The molecular formula is C10H15NO6. The molecule has 0 amide bonds. The molecule has 7 heteroatoms. The van der Waals surface area contributed by atoms with Gasteiger partial charge in [0, 0.05) is 6.20 Å². The third-order valence-corrected chi connectivity index (χ3v) is 2.66. The molecule has 0 saturated carbocycles. The van der Waals surface area contributed by atoms with Gasteiger partial charge in [0.2, 0.25) is 6.29 Å². The van der Waals surface area contributed by atoms with Gasteiger partial charge in [0.1, 0.15) is 24.4 Å². The smallest absolute Gasteiger partial charge is 0.230 e. The number of aliphatic hydroxyl groups is 4. The minimum Gasteiger partial charge on any atom is -0.447 e.